The maximum absolute atomic E-state index is 2.44. The highest BCUT2D eigenvalue weighted by Crippen LogP contribution is 2.60. The molecule has 0 heterocycles. The first-order valence-corrected chi connectivity index (χ1v) is 50.3. The first kappa shape index (κ1) is 88.7. The third-order valence-corrected chi connectivity index (χ3v) is 29.8. The predicted octanol–water partition coefficient (Wildman–Crippen LogP) is 40.6. The average Bonchev–Trinajstić information content (AvgIpc) is 0.704. The van der Waals surface area contributed by atoms with E-state index >= 15 is 0 Å². The van der Waals surface area contributed by atoms with Gasteiger partial charge in [-0.3, -0.25) is 0 Å². The van der Waals surface area contributed by atoms with Crippen molar-refractivity contribution < 1.29 is 0 Å². The van der Waals surface area contributed by atoms with Gasteiger partial charge in [0.15, 0.2) is 0 Å². The van der Waals surface area contributed by atoms with Gasteiger partial charge in [-0.05, 0) is 328 Å². The van der Waals surface area contributed by atoms with Crippen LogP contribution < -0.4 is 0 Å². The lowest BCUT2D eigenvalue weighted by atomic mass is 9.77. The third kappa shape index (κ3) is 15.9. The van der Waals surface area contributed by atoms with Crippen LogP contribution in [0.5, 0.6) is 0 Å². The summed E-state index contributed by atoms with van der Waals surface area (Å²) in [4.78, 5) is 0. The molecule has 144 heavy (non-hydrogen) atoms. The number of hydrogen-bond acceptors (Lipinski definition) is 0. The fourth-order valence-electron chi connectivity index (χ4n) is 23.0. The second kappa shape index (κ2) is 38.3. The first-order chi connectivity index (χ1) is 71.1. The number of rotatable bonds is 14. The lowest BCUT2D eigenvalue weighted by molar-refractivity contribution is 1.37. The molecule has 26 rings (SSSR count). The molecule has 0 saturated heterocycles. The Morgan fingerprint density at radius 3 is 0.403 bits per heavy atom. The summed E-state index contributed by atoms with van der Waals surface area (Å²) < 4.78 is 0. The van der Waals surface area contributed by atoms with Crippen molar-refractivity contribution in [2.45, 2.75) is 41.5 Å². The fourth-order valence-corrected chi connectivity index (χ4v) is 23.0. The minimum Gasteiger partial charge on any atom is -0.0622 e. The quantitative estimate of drug-likeness (QED) is 0.0952. The summed E-state index contributed by atoms with van der Waals surface area (Å²) in [5, 5.41) is 23.0. The minimum atomic E-state index is 1.20. The molecule has 0 saturated carbocycles. The number of benzene rings is 26. The topological polar surface area (TPSA) is 0 Å². The van der Waals surface area contributed by atoms with Gasteiger partial charge in [-0.2, -0.15) is 0 Å². The fraction of sp³-hybridized carbons (Fsp3) is 0.0417. The van der Waals surface area contributed by atoms with E-state index in [-0.39, 0.29) is 0 Å². The van der Waals surface area contributed by atoms with E-state index in [2.05, 4.69) is 563 Å². The molecule has 0 heteroatoms. The summed E-state index contributed by atoms with van der Waals surface area (Å²) in [6.45, 7) is 13.5. The smallest absolute Gasteiger partial charge is 0.000129 e. The number of hydrogen-bond donors (Lipinski definition) is 0. The van der Waals surface area contributed by atoms with Gasteiger partial charge in [-0.25, -0.2) is 0 Å². The Bertz CT molecular complexity index is 8820. The molecule has 0 bridgehead atoms. The number of fused-ring (bicyclic) bond motifs is 9. The highest BCUT2D eigenvalue weighted by atomic mass is 14.3. The first-order valence-electron chi connectivity index (χ1n) is 50.3. The van der Waals surface area contributed by atoms with E-state index in [0.29, 0.717) is 0 Å². The van der Waals surface area contributed by atoms with E-state index in [1.54, 1.807) is 0 Å². The zero-order valence-corrected chi connectivity index (χ0v) is 81.7. The van der Waals surface area contributed by atoms with Crippen molar-refractivity contribution in [3.05, 3.63) is 555 Å². The van der Waals surface area contributed by atoms with E-state index in [0.717, 1.165) is 0 Å². The van der Waals surface area contributed by atoms with Crippen molar-refractivity contribution in [1.82, 2.24) is 0 Å². The molecule has 0 unspecified atom stereocenters. The predicted molar refractivity (Wildman–Crippen MR) is 621 cm³/mol. The summed E-state index contributed by atoms with van der Waals surface area (Å²) >= 11 is 0. The van der Waals surface area contributed by atoms with E-state index < -0.39 is 0 Å². The highest BCUT2D eigenvalue weighted by Gasteiger charge is 2.32. The maximum atomic E-state index is 2.44. The zero-order chi connectivity index (χ0) is 96.8. The standard InChI is InChI=1S/C56H40.2C44H32/c1-37-35-49-50(36-38(37)2)54(44-23-13-6-14-24-44)56-52(46-33-29-42(30-34-46)40-19-9-4-10-20-40)48-26-16-15-25-47(48)51(55(56)53(49)43-21-11-5-12-22-43)45-31-27-41(28-32-45)39-17-7-3-8-18-39;1-29-27-37-38(28-30(29)2)42(34-23-13-6-14-24-34)44-40(32-19-9-4-10-20-32)36-26-16-15-25-35(36)39(31-17-7-3-8-18-31)43(44)41(37)33-21-11-5-12-22-33;1-29-17-9-11-23-33(29)41-37-27-15-16-28-38(37)42(34-24-12-10-18-30(34)2)44-40(32-21-7-4-8-22-32)36-26-14-13-25-35(36)39(43(41)44)31-19-5-3-6-20-31/h3-36H,1-2H3;2*3-28H,1-2H3. The van der Waals surface area contributed by atoms with Crippen LogP contribution in [-0.4, -0.2) is 0 Å². The van der Waals surface area contributed by atoms with Crippen LogP contribution in [0.15, 0.2) is 522 Å². The summed E-state index contributed by atoms with van der Waals surface area (Å²) in [6, 6.07) is 191. The van der Waals surface area contributed by atoms with Crippen LogP contribution >= 0.6 is 0 Å². The zero-order valence-electron chi connectivity index (χ0n) is 81.7. The van der Waals surface area contributed by atoms with E-state index in [9.17, 15) is 0 Å². The Hall–Kier alpha value is -17.9. The Morgan fingerprint density at radius 1 is 0.0903 bits per heavy atom. The molecule has 0 aliphatic rings. The van der Waals surface area contributed by atoms with Crippen molar-refractivity contribution in [2.24, 2.45) is 0 Å². The molecule has 0 aromatic heterocycles. The van der Waals surface area contributed by atoms with Crippen molar-refractivity contribution in [3.63, 3.8) is 0 Å². The summed E-state index contributed by atoms with van der Waals surface area (Å²) in [6.07, 6.45) is 0. The van der Waals surface area contributed by atoms with Crippen molar-refractivity contribution in [1.29, 1.82) is 0 Å². The lowest BCUT2D eigenvalue weighted by Crippen LogP contribution is -1.99. The van der Waals surface area contributed by atoms with E-state index in [4.69, 9.17) is 0 Å². The molecule has 0 amide bonds. The molecule has 0 aliphatic heterocycles. The maximum Gasteiger partial charge on any atom is -0.000129 e. The molecule has 0 spiro atoms. The van der Waals surface area contributed by atoms with Crippen LogP contribution in [-0.2, 0) is 0 Å². The molecule has 0 fully saturated rings. The molecule has 26 aromatic carbocycles. The van der Waals surface area contributed by atoms with Gasteiger partial charge >= 0.3 is 0 Å². The highest BCUT2D eigenvalue weighted by molar-refractivity contribution is 6.38. The Balaban J connectivity index is 0.000000117. The van der Waals surface area contributed by atoms with Gasteiger partial charge in [0.05, 0.1) is 0 Å². The van der Waals surface area contributed by atoms with Crippen LogP contribution in [0.4, 0.5) is 0 Å². The molecule has 0 N–H and O–H groups in total. The van der Waals surface area contributed by atoms with Crippen LogP contribution in [0.1, 0.15) is 33.4 Å². The van der Waals surface area contributed by atoms with Gasteiger partial charge in [-0.15, -0.1) is 0 Å². The molecular formula is C144H104. The SMILES string of the molecule is Cc1cc2c(-c3ccccc3)c3c(-c4ccc(-c5ccccc5)cc4)c4ccccc4c(-c4ccc(-c5ccccc5)cc4)c3c(-c3ccccc3)c2cc1C.Cc1cc2c(-c3ccccc3)c3c(-c4ccccc4)c4ccccc4c(-c4ccccc4)c3c(-c3ccccc3)c2cc1C.Cc1ccccc1-c1c2ccccc2c(-c2ccccc2C)c2c(-c3ccccc3)c3ccccc3c(-c3ccccc3)c12. The molecule has 680 valence electrons. The van der Waals surface area contributed by atoms with E-state index in [1.807, 2.05) is 0 Å². The van der Waals surface area contributed by atoms with Crippen LogP contribution in [0.2, 0.25) is 0 Å². The van der Waals surface area contributed by atoms with Crippen LogP contribution in [0.25, 0.3) is 253 Å². The summed E-state index contributed by atoms with van der Waals surface area (Å²) in [7, 11) is 0. The molecule has 26 aromatic rings. The minimum absolute atomic E-state index is 1.20. The van der Waals surface area contributed by atoms with Crippen molar-refractivity contribution in [3.8, 4) is 156 Å². The third-order valence-electron chi connectivity index (χ3n) is 29.8. The van der Waals surface area contributed by atoms with Gasteiger partial charge < -0.3 is 0 Å². The Morgan fingerprint density at radius 2 is 0.215 bits per heavy atom. The van der Waals surface area contributed by atoms with Gasteiger partial charge in [0.1, 0.15) is 0 Å². The average molecular weight is 1830 g/mol. The molecule has 0 aliphatic carbocycles. The monoisotopic (exact) mass is 1830 g/mol. The van der Waals surface area contributed by atoms with E-state index in [1.165, 1.54) is 286 Å². The van der Waals surface area contributed by atoms with Gasteiger partial charge in [-0.1, -0.05) is 522 Å². The Labute approximate surface area is 843 Å². The van der Waals surface area contributed by atoms with Crippen LogP contribution in [0, 0.1) is 41.5 Å². The van der Waals surface area contributed by atoms with Gasteiger partial charge in [0, 0.05) is 0 Å². The second-order valence-corrected chi connectivity index (χ2v) is 38.3. The molecule has 0 atom stereocenters. The molecular weight excluding hydrogens is 1730 g/mol. The summed E-state index contributed by atoms with van der Waals surface area (Å²) in [5.74, 6) is 0. The largest absolute Gasteiger partial charge is 0.0622 e. The van der Waals surface area contributed by atoms with Crippen LogP contribution in [0.3, 0.4) is 0 Å². The van der Waals surface area contributed by atoms with Gasteiger partial charge in [0.2, 0.25) is 0 Å². The van der Waals surface area contributed by atoms with Crippen molar-refractivity contribution >= 4 is 97.0 Å². The number of aryl methyl sites for hydroxylation is 6. The normalized spacial score (nSPS) is 11.4. The summed E-state index contributed by atoms with van der Waals surface area (Å²) in [5.41, 5.74) is 42.8. The lowest BCUT2D eigenvalue weighted by Gasteiger charge is -2.26. The van der Waals surface area contributed by atoms with Crippen molar-refractivity contribution in [2.75, 3.05) is 0 Å². The molecule has 0 radical (unpaired) electrons. The van der Waals surface area contributed by atoms with Gasteiger partial charge in [0.25, 0.3) is 0 Å². The second-order valence-electron chi connectivity index (χ2n) is 38.3. The Kier molecular flexibility index (Phi) is 23.6. The molecule has 0 nitrogen and oxygen atoms in total.